The van der Waals surface area contributed by atoms with Crippen LogP contribution >= 0.6 is 0 Å². The number of anilines is 1. The summed E-state index contributed by atoms with van der Waals surface area (Å²) < 4.78 is 9.20. The van der Waals surface area contributed by atoms with E-state index in [1.54, 1.807) is 0 Å². The Morgan fingerprint density at radius 2 is 2.00 bits per heavy atom. The van der Waals surface area contributed by atoms with Crippen molar-refractivity contribution in [1.29, 1.82) is 0 Å². The largest absolute Gasteiger partial charge is 0.380 e. The van der Waals surface area contributed by atoms with E-state index in [0.29, 0.717) is 23.2 Å². The van der Waals surface area contributed by atoms with Crippen LogP contribution in [0.5, 0.6) is 0 Å². The van der Waals surface area contributed by atoms with Crippen LogP contribution in [0.3, 0.4) is 0 Å². The number of nitrogens with zero attached hydrogens (tertiary/aromatic N) is 6. The Kier molecular flexibility index (Phi) is 2.94. The first kappa shape index (κ1) is 15.1. The number of nitrogens with one attached hydrogen (secondary N) is 1. The second-order valence-electron chi connectivity index (χ2n) is 7.80. The standard InChI is InChI=1S/C19H19N7O/c1-12-6-21-18-22-7-13(9-25(12)18)15-2-3-26-16(15)8-20-17(24-26)23-14-4-19(5-14)10-27-11-19/h2-3,6-9,14H,4-5,10-11H2,1H3,(H,23,24). The molecule has 4 aromatic rings. The van der Waals surface area contributed by atoms with E-state index in [0.717, 1.165) is 48.4 Å². The van der Waals surface area contributed by atoms with Crippen LogP contribution in [0, 0.1) is 12.3 Å². The molecular formula is C19H19N7O. The molecule has 1 saturated carbocycles. The Bertz CT molecular complexity index is 1170. The van der Waals surface area contributed by atoms with Gasteiger partial charge in [0.05, 0.1) is 31.1 Å². The van der Waals surface area contributed by atoms with Gasteiger partial charge in [-0.25, -0.2) is 19.5 Å². The van der Waals surface area contributed by atoms with E-state index in [4.69, 9.17) is 4.74 Å². The normalized spacial score (nSPS) is 18.7. The summed E-state index contributed by atoms with van der Waals surface area (Å²) in [6, 6.07) is 2.49. The van der Waals surface area contributed by atoms with Crippen LogP contribution in [-0.4, -0.2) is 48.2 Å². The fourth-order valence-electron chi connectivity index (χ4n) is 4.23. The van der Waals surface area contributed by atoms with Crippen molar-refractivity contribution < 1.29 is 4.74 Å². The van der Waals surface area contributed by atoms with Crippen LogP contribution in [0.4, 0.5) is 5.95 Å². The van der Waals surface area contributed by atoms with Crippen molar-refractivity contribution in [3.8, 4) is 11.1 Å². The van der Waals surface area contributed by atoms with Crippen molar-refractivity contribution in [2.24, 2.45) is 5.41 Å². The first-order valence-electron chi connectivity index (χ1n) is 9.18. The quantitative estimate of drug-likeness (QED) is 0.603. The van der Waals surface area contributed by atoms with E-state index in [2.05, 4.69) is 31.6 Å². The Balaban J connectivity index is 1.30. The molecule has 0 aromatic carbocycles. The van der Waals surface area contributed by atoms with Gasteiger partial charge < -0.3 is 10.1 Å². The molecule has 0 amide bonds. The predicted octanol–water partition coefficient (Wildman–Crippen LogP) is 2.34. The molecule has 136 valence electrons. The molecule has 8 nitrogen and oxygen atoms in total. The maximum atomic E-state index is 5.34. The van der Waals surface area contributed by atoms with Gasteiger partial charge in [0.2, 0.25) is 11.7 Å². The van der Waals surface area contributed by atoms with Crippen molar-refractivity contribution in [2.45, 2.75) is 25.8 Å². The van der Waals surface area contributed by atoms with Crippen molar-refractivity contribution >= 4 is 17.2 Å². The van der Waals surface area contributed by atoms with Gasteiger partial charge in [-0.3, -0.25) is 4.40 Å². The van der Waals surface area contributed by atoms with E-state index in [1.807, 2.05) is 46.7 Å². The van der Waals surface area contributed by atoms with Gasteiger partial charge in [0, 0.05) is 46.9 Å². The minimum atomic E-state index is 0.430. The fourth-order valence-corrected chi connectivity index (χ4v) is 4.23. The number of hydrogen-bond donors (Lipinski definition) is 1. The summed E-state index contributed by atoms with van der Waals surface area (Å²) in [7, 11) is 0. The molecule has 5 heterocycles. The van der Waals surface area contributed by atoms with Crippen LogP contribution < -0.4 is 5.32 Å². The van der Waals surface area contributed by atoms with Crippen LogP contribution in [0.25, 0.3) is 22.4 Å². The van der Waals surface area contributed by atoms with Gasteiger partial charge in [0.15, 0.2) is 0 Å². The number of fused-ring (bicyclic) bond motifs is 2. The van der Waals surface area contributed by atoms with Crippen LogP contribution in [-0.2, 0) is 4.74 Å². The summed E-state index contributed by atoms with van der Waals surface area (Å²) in [5.41, 5.74) is 4.51. The van der Waals surface area contributed by atoms with Crippen molar-refractivity contribution in [2.75, 3.05) is 18.5 Å². The lowest BCUT2D eigenvalue weighted by atomic mass is 9.64. The van der Waals surface area contributed by atoms with Gasteiger partial charge >= 0.3 is 0 Å². The van der Waals surface area contributed by atoms with Crippen LogP contribution in [0.15, 0.2) is 37.1 Å². The number of hydrogen-bond acceptors (Lipinski definition) is 6. The minimum absolute atomic E-state index is 0.430. The summed E-state index contributed by atoms with van der Waals surface area (Å²) in [5, 5.41) is 8.08. The fraction of sp³-hybridized carbons (Fsp3) is 0.368. The zero-order chi connectivity index (χ0) is 18.0. The number of aromatic nitrogens is 6. The van der Waals surface area contributed by atoms with Gasteiger partial charge in [0.25, 0.3) is 0 Å². The molecule has 0 atom stereocenters. The topological polar surface area (TPSA) is 81.6 Å². The first-order chi connectivity index (χ1) is 13.2. The molecule has 0 bridgehead atoms. The second kappa shape index (κ2) is 5.26. The molecule has 1 spiro atoms. The van der Waals surface area contributed by atoms with Gasteiger partial charge in [0.1, 0.15) is 0 Å². The summed E-state index contributed by atoms with van der Waals surface area (Å²) >= 11 is 0. The molecule has 27 heavy (non-hydrogen) atoms. The lowest BCUT2D eigenvalue weighted by Gasteiger charge is -2.53. The Morgan fingerprint density at radius 1 is 1.15 bits per heavy atom. The lowest BCUT2D eigenvalue weighted by molar-refractivity contribution is -0.160. The third-order valence-corrected chi connectivity index (χ3v) is 5.79. The average molecular weight is 361 g/mol. The third kappa shape index (κ3) is 2.26. The predicted molar refractivity (Wildman–Crippen MR) is 99.6 cm³/mol. The highest BCUT2D eigenvalue weighted by Gasteiger charge is 2.49. The van der Waals surface area contributed by atoms with Crippen molar-refractivity contribution in [1.82, 2.24) is 29.0 Å². The third-order valence-electron chi connectivity index (χ3n) is 5.79. The molecule has 4 aromatic heterocycles. The number of rotatable bonds is 3. The maximum absolute atomic E-state index is 5.34. The zero-order valence-corrected chi connectivity index (χ0v) is 15.0. The van der Waals surface area contributed by atoms with E-state index in [9.17, 15) is 0 Å². The van der Waals surface area contributed by atoms with Crippen molar-refractivity contribution in [3.05, 3.63) is 42.7 Å². The molecule has 1 N–H and O–H groups in total. The smallest absolute Gasteiger partial charge is 0.241 e. The molecule has 0 unspecified atom stereocenters. The SMILES string of the molecule is Cc1cnc2ncc(-c3ccn4nc(NC5CC6(COC6)C5)ncc34)cn12. The van der Waals surface area contributed by atoms with Crippen LogP contribution in [0.1, 0.15) is 18.5 Å². The lowest BCUT2D eigenvalue weighted by Crippen LogP contribution is -2.56. The molecule has 2 fully saturated rings. The molecule has 1 saturated heterocycles. The zero-order valence-electron chi connectivity index (χ0n) is 15.0. The molecule has 8 heteroatoms. The van der Waals surface area contributed by atoms with Gasteiger partial charge in [-0.1, -0.05) is 0 Å². The molecular weight excluding hydrogens is 342 g/mol. The molecule has 0 radical (unpaired) electrons. The Labute approximate surface area is 155 Å². The van der Waals surface area contributed by atoms with Gasteiger partial charge in [-0.15, -0.1) is 5.10 Å². The van der Waals surface area contributed by atoms with E-state index in [1.165, 1.54) is 0 Å². The second-order valence-corrected chi connectivity index (χ2v) is 7.80. The van der Waals surface area contributed by atoms with E-state index < -0.39 is 0 Å². The number of aryl methyl sites for hydroxylation is 1. The average Bonchev–Trinajstić information content (AvgIpc) is 3.19. The minimum Gasteiger partial charge on any atom is -0.380 e. The highest BCUT2D eigenvalue weighted by molar-refractivity contribution is 5.79. The summed E-state index contributed by atoms with van der Waals surface area (Å²) in [4.78, 5) is 13.3. The number of imidazole rings is 1. The van der Waals surface area contributed by atoms with Gasteiger partial charge in [-0.05, 0) is 25.8 Å². The monoisotopic (exact) mass is 361 g/mol. The molecule has 6 rings (SSSR count). The summed E-state index contributed by atoms with van der Waals surface area (Å²) in [6.45, 7) is 3.83. The van der Waals surface area contributed by atoms with Crippen LogP contribution in [0.2, 0.25) is 0 Å². The van der Waals surface area contributed by atoms with Gasteiger partial charge in [-0.2, -0.15) is 0 Å². The number of ether oxygens (including phenoxy) is 1. The van der Waals surface area contributed by atoms with Crippen molar-refractivity contribution in [3.63, 3.8) is 0 Å². The first-order valence-corrected chi connectivity index (χ1v) is 9.18. The highest BCUT2D eigenvalue weighted by atomic mass is 16.5. The summed E-state index contributed by atoms with van der Waals surface area (Å²) in [6.07, 6.45) is 11.8. The Hall–Kier alpha value is -3.00. The van der Waals surface area contributed by atoms with E-state index >= 15 is 0 Å². The maximum Gasteiger partial charge on any atom is 0.241 e. The highest BCUT2D eigenvalue weighted by Crippen LogP contribution is 2.47. The molecule has 1 aliphatic heterocycles. The Morgan fingerprint density at radius 3 is 2.81 bits per heavy atom. The molecule has 2 aliphatic rings. The van der Waals surface area contributed by atoms with E-state index in [-0.39, 0.29) is 0 Å². The molecule has 1 aliphatic carbocycles. The summed E-state index contributed by atoms with van der Waals surface area (Å²) in [5.74, 6) is 1.38.